The molecule has 3 N–H and O–H groups in total. The van der Waals surface area contributed by atoms with Gasteiger partial charge in [0.1, 0.15) is 17.6 Å². The van der Waals surface area contributed by atoms with Gasteiger partial charge in [-0.15, -0.1) is 0 Å². The number of aliphatic hydroxyl groups is 1. The second kappa shape index (κ2) is 7.66. The van der Waals surface area contributed by atoms with Crippen molar-refractivity contribution in [3.05, 3.63) is 108 Å². The van der Waals surface area contributed by atoms with Crippen molar-refractivity contribution in [1.29, 1.82) is 0 Å². The highest BCUT2D eigenvalue weighted by Gasteiger charge is 2.25. The molecule has 0 bridgehead atoms. The molecule has 0 saturated heterocycles. The van der Waals surface area contributed by atoms with Crippen LogP contribution in [0.4, 0.5) is 4.39 Å². The topological polar surface area (TPSA) is 65.1 Å². The van der Waals surface area contributed by atoms with Gasteiger partial charge >= 0.3 is 0 Å². The van der Waals surface area contributed by atoms with Crippen LogP contribution in [-0.4, -0.2) is 16.0 Å². The molecule has 0 fully saturated rings. The van der Waals surface area contributed by atoms with E-state index >= 15 is 0 Å². The van der Waals surface area contributed by atoms with E-state index in [0.29, 0.717) is 22.2 Å². The summed E-state index contributed by atoms with van der Waals surface area (Å²) in [5.41, 5.74) is 2.47. The van der Waals surface area contributed by atoms with Gasteiger partial charge in [-0.2, -0.15) is 0 Å². The van der Waals surface area contributed by atoms with Gasteiger partial charge in [0.25, 0.3) is 5.91 Å². The van der Waals surface area contributed by atoms with E-state index in [1.165, 1.54) is 12.1 Å². The molecule has 28 heavy (non-hydrogen) atoms. The lowest BCUT2D eigenvalue weighted by molar-refractivity contribution is 0.0827. The number of amides is 1. The maximum absolute atomic E-state index is 13.4. The summed E-state index contributed by atoms with van der Waals surface area (Å²) in [5.74, 6) is -0.736. The lowest BCUT2D eigenvalue weighted by Gasteiger charge is -2.25. The minimum absolute atomic E-state index is 0.307. The van der Waals surface area contributed by atoms with Gasteiger partial charge in [-0.25, -0.2) is 4.39 Å². The number of rotatable bonds is 5. The van der Waals surface area contributed by atoms with E-state index in [1.807, 2.05) is 60.7 Å². The Balaban J connectivity index is 1.65. The first kappa shape index (κ1) is 17.9. The molecule has 0 radical (unpaired) electrons. The Morgan fingerprint density at radius 1 is 0.893 bits per heavy atom. The molecular weight excluding hydrogens is 355 g/mol. The average Bonchev–Trinajstić information content (AvgIpc) is 3.16. The number of H-pyrrole nitrogens is 1. The zero-order chi connectivity index (χ0) is 19.5. The second-order valence-electron chi connectivity index (χ2n) is 6.63. The molecule has 4 nitrogen and oxygen atoms in total. The van der Waals surface area contributed by atoms with Crippen LogP contribution >= 0.6 is 0 Å². The zero-order valence-electron chi connectivity index (χ0n) is 15.0. The number of carbonyl (C=O) groups is 1. The molecule has 0 spiro atoms. The molecule has 1 amide bonds. The van der Waals surface area contributed by atoms with Crippen LogP contribution in [0.1, 0.15) is 33.8 Å². The SMILES string of the molecule is O=C(NC(c1ccccc1)[C@@H](O)c1ccccc1)c1cc2cc(F)ccc2[nH]1. The highest BCUT2D eigenvalue weighted by atomic mass is 19.1. The number of nitrogens with one attached hydrogen (secondary N) is 2. The fourth-order valence-electron chi connectivity index (χ4n) is 3.29. The first-order chi connectivity index (χ1) is 13.6. The number of fused-ring (bicyclic) bond motifs is 1. The van der Waals surface area contributed by atoms with Crippen molar-refractivity contribution >= 4 is 16.8 Å². The number of carbonyl (C=O) groups excluding carboxylic acids is 1. The van der Waals surface area contributed by atoms with Crippen molar-refractivity contribution in [3.8, 4) is 0 Å². The molecule has 0 aliphatic heterocycles. The number of hydrogen-bond acceptors (Lipinski definition) is 2. The van der Waals surface area contributed by atoms with Crippen molar-refractivity contribution < 1.29 is 14.3 Å². The van der Waals surface area contributed by atoms with Gasteiger partial charge in [-0.1, -0.05) is 60.7 Å². The van der Waals surface area contributed by atoms with Gasteiger partial charge in [-0.05, 0) is 35.4 Å². The first-order valence-electron chi connectivity index (χ1n) is 8.99. The lowest BCUT2D eigenvalue weighted by Crippen LogP contribution is -2.32. The monoisotopic (exact) mass is 374 g/mol. The fraction of sp³-hybridized carbons (Fsp3) is 0.0870. The summed E-state index contributed by atoms with van der Waals surface area (Å²) in [4.78, 5) is 15.9. The summed E-state index contributed by atoms with van der Waals surface area (Å²) in [6, 6.07) is 23.8. The van der Waals surface area contributed by atoms with Crippen molar-refractivity contribution in [1.82, 2.24) is 10.3 Å². The standard InChI is InChI=1S/C23H19FN2O2/c24-18-11-12-19-17(13-18)14-20(25-19)23(28)26-21(15-7-3-1-4-8-15)22(27)16-9-5-2-6-10-16/h1-14,21-22,25,27H,(H,26,28)/t21?,22-/m0/s1. The van der Waals surface area contributed by atoms with Crippen LogP contribution in [0.3, 0.4) is 0 Å². The van der Waals surface area contributed by atoms with E-state index in [0.717, 1.165) is 5.56 Å². The lowest BCUT2D eigenvalue weighted by atomic mass is 9.95. The summed E-state index contributed by atoms with van der Waals surface area (Å²) >= 11 is 0. The van der Waals surface area contributed by atoms with Crippen molar-refractivity contribution in [2.24, 2.45) is 0 Å². The van der Waals surface area contributed by atoms with Crippen molar-refractivity contribution in [3.63, 3.8) is 0 Å². The van der Waals surface area contributed by atoms with Gasteiger partial charge < -0.3 is 15.4 Å². The molecule has 4 aromatic rings. The average molecular weight is 374 g/mol. The third kappa shape index (κ3) is 3.66. The molecule has 140 valence electrons. The number of benzene rings is 3. The van der Waals surface area contributed by atoms with E-state index in [4.69, 9.17) is 0 Å². The number of hydrogen-bond donors (Lipinski definition) is 3. The summed E-state index contributed by atoms with van der Waals surface area (Å²) in [6.45, 7) is 0. The smallest absolute Gasteiger partial charge is 0.268 e. The van der Waals surface area contributed by atoms with Crippen LogP contribution in [0.25, 0.3) is 10.9 Å². The molecule has 0 saturated carbocycles. The van der Waals surface area contributed by atoms with Crippen LogP contribution in [0, 0.1) is 5.82 Å². The van der Waals surface area contributed by atoms with Crippen LogP contribution in [-0.2, 0) is 0 Å². The Kier molecular flexibility index (Phi) is 4.91. The summed E-state index contributed by atoms with van der Waals surface area (Å²) in [6.07, 6.45) is -0.922. The van der Waals surface area contributed by atoms with Crippen molar-refractivity contribution in [2.45, 2.75) is 12.1 Å². The Morgan fingerprint density at radius 2 is 1.54 bits per heavy atom. The maximum atomic E-state index is 13.4. The third-order valence-electron chi connectivity index (χ3n) is 4.73. The van der Waals surface area contributed by atoms with Gasteiger partial charge in [-0.3, -0.25) is 4.79 Å². The molecule has 1 heterocycles. The van der Waals surface area contributed by atoms with E-state index in [1.54, 1.807) is 12.1 Å². The third-order valence-corrected chi connectivity index (χ3v) is 4.73. The summed E-state index contributed by atoms with van der Waals surface area (Å²) in [7, 11) is 0. The molecule has 4 rings (SSSR count). The minimum Gasteiger partial charge on any atom is -0.386 e. The van der Waals surface area contributed by atoms with E-state index in [-0.39, 0.29) is 11.7 Å². The van der Waals surface area contributed by atoms with E-state index < -0.39 is 12.1 Å². The zero-order valence-corrected chi connectivity index (χ0v) is 15.0. The predicted molar refractivity (Wildman–Crippen MR) is 106 cm³/mol. The molecular formula is C23H19FN2O2. The Bertz CT molecular complexity index is 1090. The molecule has 2 atom stereocenters. The normalized spacial score (nSPS) is 13.2. The first-order valence-corrected chi connectivity index (χ1v) is 8.99. The second-order valence-corrected chi connectivity index (χ2v) is 6.63. The Hall–Kier alpha value is -3.44. The molecule has 3 aromatic carbocycles. The highest BCUT2D eigenvalue weighted by molar-refractivity contribution is 5.98. The molecule has 1 unspecified atom stereocenters. The number of aromatic amines is 1. The van der Waals surface area contributed by atoms with Gasteiger partial charge in [0, 0.05) is 10.9 Å². The largest absolute Gasteiger partial charge is 0.386 e. The highest BCUT2D eigenvalue weighted by Crippen LogP contribution is 2.29. The summed E-state index contributed by atoms with van der Waals surface area (Å²) < 4.78 is 13.4. The quantitative estimate of drug-likeness (QED) is 0.481. The van der Waals surface area contributed by atoms with Crippen LogP contribution in [0.15, 0.2) is 84.9 Å². The maximum Gasteiger partial charge on any atom is 0.268 e. The van der Waals surface area contributed by atoms with Crippen molar-refractivity contribution in [2.75, 3.05) is 0 Å². The van der Waals surface area contributed by atoms with Crippen LogP contribution in [0.2, 0.25) is 0 Å². The Labute approximate surface area is 161 Å². The number of aliphatic hydroxyl groups excluding tert-OH is 1. The van der Waals surface area contributed by atoms with Gasteiger partial charge in [0.05, 0.1) is 6.04 Å². The minimum atomic E-state index is -0.922. The van der Waals surface area contributed by atoms with E-state index in [2.05, 4.69) is 10.3 Å². The summed E-state index contributed by atoms with van der Waals surface area (Å²) in [5, 5.41) is 14.5. The molecule has 0 aliphatic rings. The number of halogens is 1. The fourth-order valence-corrected chi connectivity index (χ4v) is 3.29. The molecule has 5 heteroatoms. The van der Waals surface area contributed by atoms with Crippen LogP contribution in [0.5, 0.6) is 0 Å². The van der Waals surface area contributed by atoms with Gasteiger partial charge in [0.2, 0.25) is 0 Å². The molecule has 0 aliphatic carbocycles. The number of aromatic nitrogens is 1. The van der Waals surface area contributed by atoms with Gasteiger partial charge in [0.15, 0.2) is 0 Å². The van der Waals surface area contributed by atoms with Crippen LogP contribution < -0.4 is 5.32 Å². The Morgan fingerprint density at radius 3 is 2.21 bits per heavy atom. The molecule has 1 aromatic heterocycles. The predicted octanol–water partition coefficient (Wildman–Crippen LogP) is 4.51. The van der Waals surface area contributed by atoms with E-state index in [9.17, 15) is 14.3 Å².